The van der Waals surface area contributed by atoms with Crippen LogP contribution in [0.1, 0.15) is 58.6 Å². The van der Waals surface area contributed by atoms with Gasteiger partial charge in [-0.15, -0.1) is 0 Å². The van der Waals surface area contributed by atoms with Crippen molar-refractivity contribution >= 4 is 11.0 Å². The van der Waals surface area contributed by atoms with Crippen LogP contribution in [0.5, 0.6) is 0 Å². The van der Waals surface area contributed by atoms with E-state index >= 15 is 0 Å². The van der Waals surface area contributed by atoms with Crippen molar-refractivity contribution in [2.45, 2.75) is 54.4 Å². The molecule has 0 unspecified atom stereocenters. The smallest absolute Gasteiger partial charge is 0.249 e. The molecule has 0 atom stereocenters. The van der Waals surface area contributed by atoms with Crippen molar-refractivity contribution in [3.8, 4) is 16.9 Å². The van der Waals surface area contributed by atoms with Crippen LogP contribution >= 0.6 is 0 Å². The third-order valence-electron chi connectivity index (χ3n) is 6.36. The summed E-state index contributed by atoms with van der Waals surface area (Å²) >= 11 is 0. The Labute approximate surface area is 192 Å². The van der Waals surface area contributed by atoms with Gasteiger partial charge in [0.25, 0.3) is 0 Å². The third-order valence-corrected chi connectivity index (χ3v) is 6.36. The quantitative estimate of drug-likeness (QED) is 0.323. The molecule has 0 saturated carbocycles. The van der Waals surface area contributed by atoms with Gasteiger partial charge in [0.15, 0.2) is 11.0 Å². The molecule has 32 heavy (non-hydrogen) atoms. The molecule has 0 radical (unpaired) electrons. The number of hydrogen-bond acceptors (Lipinski definition) is 1. The van der Waals surface area contributed by atoms with Crippen molar-refractivity contribution in [3.05, 3.63) is 78.2 Å². The molecule has 0 spiro atoms. The van der Waals surface area contributed by atoms with Gasteiger partial charge in [-0.05, 0) is 65.1 Å². The van der Waals surface area contributed by atoms with Crippen LogP contribution in [0.2, 0.25) is 0 Å². The highest BCUT2D eigenvalue weighted by Crippen LogP contribution is 2.50. The second-order valence-electron chi connectivity index (χ2n) is 11.2. The summed E-state index contributed by atoms with van der Waals surface area (Å²) in [4.78, 5) is 4.87. The Hall–Kier alpha value is -2.94. The van der Waals surface area contributed by atoms with E-state index < -0.39 is 0 Å². The molecule has 4 rings (SSSR count). The van der Waals surface area contributed by atoms with E-state index in [1.165, 1.54) is 33.4 Å². The van der Waals surface area contributed by atoms with Gasteiger partial charge in [-0.3, -0.25) is 4.98 Å². The zero-order valence-electron chi connectivity index (χ0n) is 20.8. The van der Waals surface area contributed by atoms with Crippen molar-refractivity contribution in [2.24, 2.45) is 17.9 Å². The fraction of sp³-hybridized carbons (Fsp3) is 0.379. The molecule has 4 aromatic rings. The topological polar surface area (TPSA) is 21.7 Å². The van der Waals surface area contributed by atoms with Crippen LogP contribution in [0.25, 0.3) is 28.0 Å². The first-order valence-electron chi connectivity index (χ1n) is 11.5. The molecule has 2 aromatic heterocycles. The van der Waals surface area contributed by atoms with Gasteiger partial charge in [-0.25, -0.2) is 4.57 Å². The Morgan fingerprint density at radius 1 is 0.875 bits per heavy atom. The van der Waals surface area contributed by atoms with E-state index in [9.17, 15) is 0 Å². The number of aromatic nitrogens is 3. The number of hydrogen-bond donors (Lipinski definition) is 0. The number of imidazole rings is 1. The maximum atomic E-state index is 4.87. The number of rotatable bonds is 3. The molecule has 0 N–H and O–H groups in total. The number of benzene rings is 2. The Bertz CT molecular complexity index is 1250. The van der Waals surface area contributed by atoms with Crippen LogP contribution in [0.3, 0.4) is 0 Å². The van der Waals surface area contributed by atoms with Crippen molar-refractivity contribution in [1.82, 2.24) is 9.55 Å². The molecule has 166 valence electrons. The average molecular weight is 427 g/mol. The number of pyridine rings is 1. The van der Waals surface area contributed by atoms with Gasteiger partial charge in [-0.1, -0.05) is 65.8 Å². The summed E-state index contributed by atoms with van der Waals surface area (Å²) in [6.07, 6.45) is 4.12. The first-order valence-corrected chi connectivity index (χ1v) is 11.5. The van der Waals surface area contributed by atoms with Gasteiger partial charge >= 0.3 is 0 Å². The van der Waals surface area contributed by atoms with E-state index in [1.807, 2.05) is 6.20 Å². The molecule has 2 heterocycles. The molecule has 0 aliphatic rings. The number of aryl methyl sites for hydroxylation is 2. The highest BCUT2D eigenvalue weighted by atomic mass is 15.1. The number of para-hydroxylation sites is 2. The molecule has 0 aliphatic carbocycles. The molecule has 0 aliphatic heterocycles. The second-order valence-corrected chi connectivity index (χ2v) is 11.2. The summed E-state index contributed by atoms with van der Waals surface area (Å²) in [5, 5.41) is 0. The maximum Gasteiger partial charge on any atom is 0.249 e. The summed E-state index contributed by atoms with van der Waals surface area (Å²) < 4.78 is 4.51. The zero-order chi connectivity index (χ0) is 23.3. The van der Waals surface area contributed by atoms with Gasteiger partial charge in [-0.2, -0.15) is 4.57 Å². The standard InChI is InChI=1S/C29H36N3/c1-20-16-17-30-22(18-20)26-21(27(28(2,3)4)29(5,6)7)12-11-15-25(26)32-19-31(8)23-13-9-10-14-24(23)32/h9-19,27H,1-8H3/q+1. The van der Waals surface area contributed by atoms with Gasteiger partial charge in [0, 0.05) is 6.20 Å². The summed E-state index contributed by atoms with van der Waals surface area (Å²) in [6.45, 7) is 16.3. The Balaban J connectivity index is 2.12. The Morgan fingerprint density at radius 2 is 1.56 bits per heavy atom. The molecule has 3 nitrogen and oxygen atoms in total. The van der Waals surface area contributed by atoms with Gasteiger partial charge in [0.1, 0.15) is 5.69 Å². The summed E-state index contributed by atoms with van der Waals surface area (Å²) in [5.41, 5.74) is 8.63. The first kappa shape index (κ1) is 22.3. The van der Waals surface area contributed by atoms with Gasteiger partial charge in [0.2, 0.25) is 6.33 Å². The highest BCUT2D eigenvalue weighted by Gasteiger charge is 2.39. The van der Waals surface area contributed by atoms with Crippen molar-refractivity contribution in [2.75, 3.05) is 0 Å². The van der Waals surface area contributed by atoms with Crippen LogP contribution < -0.4 is 4.57 Å². The predicted molar refractivity (Wildman–Crippen MR) is 134 cm³/mol. The summed E-state index contributed by atoms with van der Waals surface area (Å²) in [5.74, 6) is 0.350. The SMILES string of the molecule is Cc1ccnc(-c2c(C(C(C)(C)C)C(C)(C)C)cccc2-n2c[n+](C)c3ccccc32)c1. The lowest BCUT2D eigenvalue weighted by Crippen LogP contribution is -2.31. The van der Waals surface area contributed by atoms with Crippen molar-refractivity contribution < 1.29 is 4.57 Å². The zero-order valence-corrected chi connectivity index (χ0v) is 20.8. The van der Waals surface area contributed by atoms with Crippen LogP contribution in [-0.4, -0.2) is 9.55 Å². The van der Waals surface area contributed by atoms with E-state index in [2.05, 4.69) is 126 Å². The lowest BCUT2D eigenvalue weighted by molar-refractivity contribution is -0.645. The molecular formula is C29H36N3+. The van der Waals surface area contributed by atoms with E-state index in [-0.39, 0.29) is 10.8 Å². The minimum atomic E-state index is 0.0961. The largest absolute Gasteiger partial charge is 0.256 e. The summed E-state index contributed by atoms with van der Waals surface area (Å²) in [6, 6.07) is 19.6. The predicted octanol–water partition coefficient (Wildman–Crippen LogP) is 7.00. The fourth-order valence-electron chi connectivity index (χ4n) is 5.64. The fourth-order valence-corrected chi connectivity index (χ4v) is 5.64. The molecule has 3 heteroatoms. The minimum absolute atomic E-state index is 0.0961. The Kier molecular flexibility index (Phi) is 5.48. The van der Waals surface area contributed by atoms with E-state index in [0.717, 1.165) is 5.69 Å². The van der Waals surface area contributed by atoms with E-state index in [4.69, 9.17) is 4.98 Å². The van der Waals surface area contributed by atoms with Gasteiger partial charge < -0.3 is 0 Å². The minimum Gasteiger partial charge on any atom is -0.256 e. The van der Waals surface area contributed by atoms with Crippen LogP contribution in [0, 0.1) is 17.8 Å². The first-order chi connectivity index (χ1) is 15.0. The third kappa shape index (κ3) is 3.97. The second kappa shape index (κ2) is 7.88. The number of nitrogens with zero attached hydrogens (tertiary/aromatic N) is 3. The molecule has 0 bridgehead atoms. The molecular weight excluding hydrogens is 390 g/mol. The molecule has 0 saturated heterocycles. The van der Waals surface area contributed by atoms with Crippen molar-refractivity contribution in [3.63, 3.8) is 0 Å². The lowest BCUT2D eigenvalue weighted by atomic mass is 9.62. The Morgan fingerprint density at radius 3 is 2.22 bits per heavy atom. The number of fused-ring (bicyclic) bond motifs is 1. The average Bonchev–Trinajstić information content (AvgIpc) is 3.02. The lowest BCUT2D eigenvalue weighted by Gasteiger charge is -2.42. The normalized spacial score (nSPS) is 12.7. The molecule has 0 amide bonds. The van der Waals surface area contributed by atoms with Crippen LogP contribution in [-0.2, 0) is 7.05 Å². The highest BCUT2D eigenvalue weighted by molar-refractivity contribution is 5.80. The summed E-state index contributed by atoms with van der Waals surface area (Å²) in [7, 11) is 2.11. The van der Waals surface area contributed by atoms with Crippen molar-refractivity contribution in [1.29, 1.82) is 0 Å². The van der Waals surface area contributed by atoms with Crippen LogP contribution in [0.15, 0.2) is 67.1 Å². The maximum absolute atomic E-state index is 4.87. The van der Waals surface area contributed by atoms with Crippen LogP contribution in [0.4, 0.5) is 0 Å². The monoisotopic (exact) mass is 426 g/mol. The molecule has 0 fully saturated rings. The van der Waals surface area contributed by atoms with E-state index in [0.29, 0.717) is 5.92 Å². The van der Waals surface area contributed by atoms with Gasteiger partial charge in [0.05, 0.1) is 18.3 Å². The molecule has 2 aromatic carbocycles. The van der Waals surface area contributed by atoms with E-state index in [1.54, 1.807) is 0 Å².